The van der Waals surface area contributed by atoms with E-state index < -0.39 is 11.9 Å². The predicted molar refractivity (Wildman–Crippen MR) is 142 cm³/mol. The number of esters is 1. The molecule has 0 unspecified atom stereocenters. The van der Waals surface area contributed by atoms with Gasteiger partial charge in [-0.2, -0.15) is 0 Å². The number of aromatic carboxylic acids is 1. The molecule has 0 aliphatic carbocycles. The minimum atomic E-state index is -1.02. The summed E-state index contributed by atoms with van der Waals surface area (Å²) in [6, 6.07) is 13.3. The molecule has 1 aromatic heterocycles. The van der Waals surface area contributed by atoms with Gasteiger partial charge in [-0.15, -0.1) is 0 Å². The van der Waals surface area contributed by atoms with Crippen molar-refractivity contribution in [2.75, 3.05) is 52.5 Å². The van der Waals surface area contributed by atoms with Crippen LogP contribution in [0, 0.1) is 0 Å². The highest BCUT2D eigenvalue weighted by molar-refractivity contribution is 6.31. The molecule has 0 amide bonds. The van der Waals surface area contributed by atoms with Crippen LogP contribution in [0.15, 0.2) is 48.5 Å². The summed E-state index contributed by atoms with van der Waals surface area (Å²) in [7, 11) is 4.57. The second-order valence-electron chi connectivity index (χ2n) is 7.87. The van der Waals surface area contributed by atoms with Crippen molar-refractivity contribution in [2.24, 2.45) is 0 Å². The summed E-state index contributed by atoms with van der Waals surface area (Å²) in [6.45, 7) is 1.94. The molecule has 0 fully saturated rings. The lowest BCUT2D eigenvalue weighted by Gasteiger charge is -2.25. The third-order valence-corrected chi connectivity index (χ3v) is 5.74. The number of hydrogen-bond donors (Lipinski definition) is 1. The first kappa shape index (κ1) is 27.8. The highest BCUT2D eigenvalue weighted by atomic mass is 35.5. The number of benzene rings is 2. The summed E-state index contributed by atoms with van der Waals surface area (Å²) < 4.78 is 15.3. The van der Waals surface area contributed by atoms with E-state index in [-0.39, 0.29) is 10.7 Å². The number of carboxylic acid groups (broad SMARTS) is 1. The van der Waals surface area contributed by atoms with Gasteiger partial charge in [0.15, 0.2) is 11.0 Å². The molecule has 1 N–H and O–H groups in total. The lowest BCUT2D eigenvalue weighted by molar-refractivity contribution is 0.0599. The number of aromatic nitrogens is 2. The van der Waals surface area contributed by atoms with E-state index in [0.717, 1.165) is 5.56 Å². The molecule has 3 aromatic rings. The molecule has 0 atom stereocenters. The highest BCUT2D eigenvalue weighted by Crippen LogP contribution is 2.31. The van der Waals surface area contributed by atoms with Crippen molar-refractivity contribution < 1.29 is 28.9 Å². The van der Waals surface area contributed by atoms with Crippen LogP contribution in [0.25, 0.3) is 23.4 Å². The molecule has 0 saturated heterocycles. The van der Waals surface area contributed by atoms with Gasteiger partial charge in [-0.1, -0.05) is 41.9 Å². The third-order valence-electron chi connectivity index (χ3n) is 5.46. The van der Waals surface area contributed by atoms with Crippen LogP contribution in [0.2, 0.25) is 5.15 Å². The van der Waals surface area contributed by atoms with E-state index in [2.05, 4.69) is 4.98 Å². The van der Waals surface area contributed by atoms with E-state index in [9.17, 15) is 14.7 Å². The van der Waals surface area contributed by atoms with Gasteiger partial charge in [0.2, 0.25) is 0 Å². The van der Waals surface area contributed by atoms with Gasteiger partial charge >= 0.3 is 11.9 Å². The Labute approximate surface area is 220 Å². The molecule has 3 rings (SSSR count). The second kappa shape index (κ2) is 13.5. The number of nitrogens with zero attached hydrogens (tertiary/aromatic N) is 3. The standard InChI is InChI=1S/C27H28ClN3O6/c1-35-16-14-31(15-17-36-2)25-23(19-9-11-20(12-10-19)26(32)33)30-24(28)22(29-25)13-6-18-4-7-21(8-5-18)27(34)37-3/h4-13H,14-17H2,1-3H3,(H,32,33)/b13-6+. The van der Waals surface area contributed by atoms with Crippen molar-refractivity contribution in [2.45, 2.75) is 0 Å². The van der Waals surface area contributed by atoms with Crippen molar-refractivity contribution in [3.05, 3.63) is 76.1 Å². The number of methoxy groups -OCH3 is 3. The summed E-state index contributed by atoms with van der Waals surface area (Å²) in [5.74, 6) is -0.867. The molecule has 1 heterocycles. The Hall–Kier alpha value is -3.79. The van der Waals surface area contributed by atoms with Crippen LogP contribution in [0.1, 0.15) is 32.0 Å². The number of hydrogen-bond acceptors (Lipinski definition) is 8. The van der Waals surface area contributed by atoms with Gasteiger partial charge in [0, 0.05) is 32.9 Å². The summed E-state index contributed by atoms with van der Waals surface area (Å²) in [6.07, 6.45) is 3.56. The minimum absolute atomic E-state index is 0.165. The number of ether oxygens (including phenoxy) is 3. The molecular weight excluding hydrogens is 498 g/mol. The van der Waals surface area contributed by atoms with Crippen molar-refractivity contribution in [1.29, 1.82) is 0 Å². The first-order valence-corrected chi connectivity index (χ1v) is 11.8. The molecule has 10 heteroatoms. The second-order valence-corrected chi connectivity index (χ2v) is 8.23. The van der Waals surface area contributed by atoms with E-state index >= 15 is 0 Å². The lowest BCUT2D eigenvalue weighted by atomic mass is 10.1. The van der Waals surface area contributed by atoms with E-state index in [1.165, 1.54) is 19.2 Å². The lowest BCUT2D eigenvalue weighted by Crippen LogP contribution is -2.32. The molecule has 37 heavy (non-hydrogen) atoms. The molecule has 9 nitrogen and oxygen atoms in total. The van der Waals surface area contributed by atoms with Crippen LogP contribution in [-0.4, -0.2) is 74.6 Å². The van der Waals surface area contributed by atoms with Gasteiger partial charge in [-0.25, -0.2) is 19.6 Å². The SMILES string of the molecule is COCCN(CCOC)c1nc(/C=C/c2ccc(C(=O)OC)cc2)c(Cl)nc1-c1ccc(C(=O)O)cc1. The molecule has 0 spiro atoms. The zero-order valence-corrected chi connectivity index (χ0v) is 21.6. The number of carbonyl (C=O) groups is 2. The molecule has 194 valence electrons. The maximum atomic E-state index is 11.7. The number of anilines is 1. The van der Waals surface area contributed by atoms with Crippen LogP contribution in [0.5, 0.6) is 0 Å². The van der Waals surface area contributed by atoms with Crippen LogP contribution >= 0.6 is 11.6 Å². The normalized spacial score (nSPS) is 11.0. The summed E-state index contributed by atoms with van der Waals surface area (Å²) >= 11 is 6.55. The van der Waals surface area contributed by atoms with Crippen molar-refractivity contribution >= 4 is 41.5 Å². The van der Waals surface area contributed by atoms with Gasteiger partial charge in [-0.05, 0) is 35.9 Å². The van der Waals surface area contributed by atoms with Gasteiger partial charge < -0.3 is 24.2 Å². The molecule has 0 saturated carbocycles. The Kier molecular flexibility index (Phi) is 10.1. The first-order chi connectivity index (χ1) is 17.9. The number of halogens is 1. The molecule has 0 radical (unpaired) electrons. The maximum absolute atomic E-state index is 11.7. The molecule has 0 aliphatic rings. The van der Waals surface area contributed by atoms with E-state index in [4.69, 9.17) is 30.8 Å². The van der Waals surface area contributed by atoms with Crippen molar-refractivity contribution in [3.8, 4) is 11.3 Å². The Balaban J connectivity index is 2.04. The Morgan fingerprint density at radius 2 is 1.49 bits per heavy atom. The average molecular weight is 526 g/mol. The predicted octanol–water partition coefficient (Wildman–Crippen LogP) is 4.55. The van der Waals surface area contributed by atoms with Crippen LogP contribution in [0.4, 0.5) is 5.82 Å². The molecule has 2 aromatic carbocycles. The monoisotopic (exact) mass is 525 g/mol. The summed E-state index contributed by atoms with van der Waals surface area (Å²) in [5.41, 5.74) is 3.06. The fourth-order valence-electron chi connectivity index (χ4n) is 3.46. The van der Waals surface area contributed by atoms with E-state index in [1.807, 2.05) is 11.0 Å². The average Bonchev–Trinajstić information content (AvgIpc) is 2.92. The molecule has 0 aliphatic heterocycles. The van der Waals surface area contributed by atoms with E-state index in [0.29, 0.717) is 54.6 Å². The van der Waals surface area contributed by atoms with Gasteiger partial charge in [0.1, 0.15) is 11.4 Å². The van der Waals surface area contributed by atoms with Crippen LogP contribution in [0.3, 0.4) is 0 Å². The van der Waals surface area contributed by atoms with Gasteiger partial charge in [0.25, 0.3) is 0 Å². The summed E-state index contributed by atoms with van der Waals surface area (Å²) in [4.78, 5) is 34.4. The fraction of sp³-hybridized carbons (Fsp3) is 0.259. The molecule has 0 bridgehead atoms. The van der Waals surface area contributed by atoms with Crippen molar-refractivity contribution in [1.82, 2.24) is 9.97 Å². The summed E-state index contributed by atoms with van der Waals surface area (Å²) in [5, 5.41) is 9.44. The van der Waals surface area contributed by atoms with Crippen LogP contribution < -0.4 is 4.90 Å². The topological polar surface area (TPSA) is 111 Å². The Morgan fingerprint density at radius 3 is 2.03 bits per heavy atom. The zero-order valence-electron chi connectivity index (χ0n) is 20.8. The van der Waals surface area contributed by atoms with Crippen LogP contribution in [-0.2, 0) is 14.2 Å². The first-order valence-electron chi connectivity index (χ1n) is 11.4. The third kappa shape index (κ3) is 7.36. The smallest absolute Gasteiger partial charge is 0.337 e. The zero-order chi connectivity index (χ0) is 26.8. The quantitative estimate of drug-likeness (QED) is 0.340. The number of carboxylic acids is 1. The van der Waals surface area contributed by atoms with E-state index in [1.54, 1.807) is 56.7 Å². The number of rotatable bonds is 12. The maximum Gasteiger partial charge on any atom is 0.337 e. The van der Waals surface area contributed by atoms with Gasteiger partial charge in [-0.3, -0.25) is 0 Å². The Bertz CT molecular complexity index is 1240. The highest BCUT2D eigenvalue weighted by Gasteiger charge is 2.19. The molecular formula is C27H28ClN3O6. The Morgan fingerprint density at radius 1 is 0.892 bits per heavy atom. The van der Waals surface area contributed by atoms with Gasteiger partial charge in [0.05, 0.1) is 31.5 Å². The van der Waals surface area contributed by atoms with Crippen molar-refractivity contribution in [3.63, 3.8) is 0 Å². The largest absolute Gasteiger partial charge is 0.478 e. The number of carbonyl (C=O) groups excluding carboxylic acids is 1. The minimum Gasteiger partial charge on any atom is -0.478 e. The fourth-order valence-corrected chi connectivity index (χ4v) is 3.65.